The predicted octanol–water partition coefficient (Wildman–Crippen LogP) is 4.89. The van der Waals surface area contributed by atoms with Crippen molar-refractivity contribution in [1.82, 2.24) is 15.0 Å². The Morgan fingerprint density at radius 2 is 1.12 bits per heavy atom. The molecule has 126 valence electrons. The van der Waals surface area contributed by atoms with E-state index >= 15 is 0 Å². The molecular formula is C22H17N3O. The van der Waals surface area contributed by atoms with Crippen LogP contribution < -0.4 is 0 Å². The molecule has 0 aliphatic rings. The van der Waals surface area contributed by atoms with E-state index < -0.39 is 0 Å². The number of hydrogen-bond donors (Lipinski definition) is 1. The summed E-state index contributed by atoms with van der Waals surface area (Å²) in [4.78, 5) is 13.9. The lowest BCUT2D eigenvalue weighted by molar-refractivity contribution is 0.476. The van der Waals surface area contributed by atoms with Gasteiger partial charge in [-0.25, -0.2) is 15.0 Å². The Morgan fingerprint density at radius 1 is 0.615 bits per heavy atom. The maximum Gasteiger partial charge on any atom is 0.167 e. The molecule has 0 bridgehead atoms. The summed E-state index contributed by atoms with van der Waals surface area (Å²) in [7, 11) is 0. The number of benzene rings is 3. The van der Waals surface area contributed by atoms with E-state index in [-0.39, 0.29) is 5.75 Å². The fraction of sp³-hybridized carbons (Fsp3) is 0.0455. The molecule has 0 radical (unpaired) electrons. The number of phenolic OH excluding ortho intramolecular Hbond substituents is 1. The number of hydrogen-bond acceptors (Lipinski definition) is 4. The summed E-state index contributed by atoms with van der Waals surface area (Å²) in [6.45, 7) is 1.93. The normalized spacial score (nSPS) is 10.7. The van der Waals surface area contributed by atoms with Crippen molar-refractivity contribution in [3.8, 4) is 39.9 Å². The summed E-state index contributed by atoms with van der Waals surface area (Å²) < 4.78 is 0. The fourth-order valence-corrected chi connectivity index (χ4v) is 2.76. The van der Waals surface area contributed by atoms with Crippen LogP contribution >= 0.6 is 0 Å². The van der Waals surface area contributed by atoms with Crippen LogP contribution in [0.25, 0.3) is 34.2 Å². The summed E-state index contributed by atoms with van der Waals surface area (Å²) in [5.74, 6) is 1.77. The SMILES string of the molecule is Cc1ccc(-c2nc(-c3ccccc3)nc(-c3ccccc3)n2)c(O)c1. The van der Waals surface area contributed by atoms with Crippen molar-refractivity contribution in [3.05, 3.63) is 84.4 Å². The molecule has 26 heavy (non-hydrogen) atoms. The maximum atomic E-state index is 10.4. The first-order valence-electron chi connectivity index (χ1n) is 8.37. The molecule has 4 nitrogen and oxygen atoms in total. The fourth-order valence-electron chi connectivity index (χ4n) is 2.76. The molecule has 4 aromatic rings. The van der Waals surface area contributed by atoms with Crippen molar-refractivity contribution in [1.29, 1.82) is 0 Å². The van der Waals surface area contributed by atoms with Gasteiger partial charge in [-0.1, -0.05) is 66.7 Å². The predicted molar refractivity (Wildman–Crippen MR) is 103 cm³/mol. The second-order valence-electron chi connectivity index (χ2n) is 6.06. The van der Waals surface area contributed by atoms with Crippen LogP contribution in [-0.2, 0) is 0 Å². The van der Waals surface area contributed by atoms with Crippen LogP contribution in [0.2, 0.25) is 0 Å². The van der Waals surface area contributed by atoms with Crippen molar-refractivity contribution >= 4 is 0 Å². The lowest BCUT2D eigenvalue weighted by Crippen LogP contribution is -2.00. The Hall–Kier alpha value is -3.53. The zero-order valence-electron chi connectivity index (χ0n) is 14.3. The van der Waals surface area contributed by atoms with Gasteiger partial charge in [0.2, 0.25) is 0 Å². The Kier molecular flexibility index (Phi) is 4.15. The molecule has 0 spiro atoms. The summed E-state index contributed by atoms with van der Waals surface area (Å²) in [5, 5.41) is 10.4. The Balaban J connectivity index is 1.94. The van der Waals surface area contributed by atoms with Gasteiger partial charge in [-0.05, 0) is 24.6 Å². The molecule has 0 fully saturated rings. The first-order valence-corrected chi connectivity index (χ1v) is 8.37. The zero-order valence-corrected chi connectivity index (χ0v) is 14.3. The Morgan fingerprint density at radius 3 is 1.62 bits per heavy atom. The molecule has 0 amide bonds. The lowest BCUT2D eigenvalue weighted by Gasteiger charge is -2.09. The van der Waals surface area contributed by atoms with E-state index in [4.69, 9.17) is 0 Å². The summed E-state index contributed by atoms with van der Waals surface area (Å²) in [6.07, 6.45) is 0. The second-order valence-corrected chi connectivity index (χ2v) is 6.06. The quantitative estimate of drug-likeness (QED) is 0.577. The number of aromatic hydroxyl groups is 1. The molecule has 1 aromatic heterocycles. The van der Waals surface area contributed by atoms with E-state index in [9.17, 15) is 5.11 Å². The van der Waals surface area contributed by atoms with E-state index in [1.807, 2.05) is 79.7 Å². The average Bonchev–Trinajstić information content (AvgIpc) is 2.69. The van der Waals surface area contributed by atoms with Gasteiger partial charge in [-0.3, -0.25) is 0 Å². The molecule has 4 rings (SSSR count). The van der Waals surface area contributed by atoms with Crippen LogP contribution in [0, 0.1) is 6.92 Å². The monoisotopic (exact) mass is 339 g/mol. The van der Waals surface area contributed by atoms with E-state index in [1.165, 1.54) is 0 Å². The number of nitrogens with zero attached hydrogens (tertiary/aromatic N) is 3. The van der Waals surface area contributed by atoms with Crippen molar-refractivity contribution < 1.29 is 5.11 Å². The van der Waals surface area contributed by atoms with Crippen LogP contribution in [0.3, 0.4) is 0 Å². The van der Waals surface area contributed by atoms with E-state index in [0.717, 1.165) is 16.7 Å². The molecular weight excluding hydrogens is 322 g/mol. The Bertz CT molecular complexity index is 990. The van der Waals surface area contributed by atoms with Gasteiger partial charge in [0.05, 0.1) is 5.56 Å². The van der Waals surface area contributed by atoms with Gasteiger partial charge in [-0.2, -0.15) is 0 Å². The largest absolute Gasteiger partial charge is 0.507 e. The van der Waals surface area contributed by atoms with Crippen molar-refractivity contribution in [3.63, 3.8) is 0 Å². The summed E-state index contributed by atoms with van der Waals surface area (Å²) in [6, 6.07) is 25.0. The van der Waals surface area contributed by atoms with E-state index in [2.05, 4.69) is 15.0 Å². The van der Waals surface area contributed by atoms with E-state index in [0.29, 0.717) is 23.0 Å². The molecule has 3 aromatic carbocycles. The molecule has 0 saturated heterocycles. The molecule has 0 aliphatic heterocycles. The van der Waals surface area contributed by atoms with Crippen LogP contribution in [0.1, 0.15) is 5.56 Å². The zero-order chi connectivity index (χ0) is 17.9. The van der Waals surface area contributed by atoms with Crippen molar-refractivity contribution in [2.75, 3.05) is 0 Å². The third kappa shape index (κ3) is 3.17. The smallest absolute Gasteiger partial charge is 0.167 e. The lowest BCUT2D eigenvalue weighted by atomic mass is 10.1. The maximum absolute atomic E-state index is 10.4. The van der Waals surface area contributed by atoms with Gasteiger partial charge in [0.25, 0.3) is 0 Å². The van der Waals surface area contributed by atoms with Gasteiger partial charge in [0, 0.05) is 11.1 Å². The van der Waals surface area contributed by atoms with Crippen molar-refractivity contribution in [2.45, 2.75) is 6.92 Å². The standard InChI is InChI=1S/C22H17N3O/c1-15-12-13-18(19(26)14-15)22-24-20(16-8-4-2-5-9-16)23-21(25-22)17-10-6-3-7-11-17/h2-14,26H,1H3. The average molecular weight is 339 g/mol. The van der Waals surface area contributed by atoms with Gasteiger partial charge in [0.1, 0.15) is 5.75 Å². The number of aryl methyl sites for hydroxylation is 1. The number of aromatic nitrogens is 3. The molecule has 0 saturated carbocycles. The molecule has 1 N–H and O–H groups in total. The topological polar surface area (TPSA) is 58.9 Å². The van der Waals surface area contributed by atoms with Gasteiger partial charge < -0.3 is 5.11 Å². The third-order valence-corrected chi connectivity index (χ3v) is 4.09. The van der Waals surface area contributed by atoms with E-state index in [1.54, 1.807) is 6.07 Å². The molecule has 1 heterocycles. The first kappa shape index (κ1) is 16.0. The first-order chi connectivity index (χ1) is 12.7. The van der Waals surface area contributed by atoms with Crippen LogP contribution in [0.15, 0.2) is 78.9 Å². The van der Waals surface area contributed by atoms with Crippen molar-refractivity contribution in [2.24, 2.45) is 0 Å². The van der Waals surface area contributed by atoms with Gasteiger partial charge >= 0.3 is 0 Å². The minimum absolute atomic E-state index is 0.161. The number of rotatable bonds is 3. The minimum atomic E-state index is 0.161. The highest BCUT2D eigenvalue weighted by atomic mass is 16.3. The highest BCUT2D eigenvalue weighted by Crippen LogP contribution is 2.30. The Labute approximate surface area is 151 Å². The van der Waals surface area contributed by atoms with Crippen LogP contribution in [0.4, 0.5) is 0 Å². The van der Waals surface area contributed by atoms with Gasteiger partial charge in [-0.15, -0.1) is 0 Å². The van der Waals surface area contributed by atoms with Gasteiger partial charge in [0.15, 0.2) is 17.5 Å². The highest BCUT2D eigenvalue weighted by Gasteiger charge is 2.14. The summed E-state index contributed by atoms with van der Waals surface area (Å²) >= 11 is 0. The molecule has 0 unspecified atom stereocenters. The second kappa shape index (κ2) is 6.76. The van der Waals surface area contributed by atoms with Crippen LogP contribution in [0.5, 0.6) is 5.75 Å². The molecule has 4 heteroatoms. The highest BCUT2D eigenvalue weighted by molar-refractivity contribution is 5.69. The molecule has 0 aliphatic carbocycles. The minimum Gasteiger partial charge on any atom is -0.507 e. The summed E-state index contributed by atoms with van der Waals surface area (Å²) in [5.41, 5.74) is 3.37. The third-order valence-electron chi connectivity index (χ3n) is 4.09. The molecule has 0 atom stereocenters. The van der Waals surface area contributed by atoms with Crippen LogP contribution in [-0.4, -0.2) is 20.1 Å². The number of phenols is 1.